The van der Waals surface area contributed by atoms with Gasteiger partial charge in [-0.15, -0.1) is 0 Å². The van der Waals surface area contributed by atoms with Gasteiger partial charge >= 0.3 is 5.97 Å². The van der Waals surface area contributed by atoms with Crippen LogP contribution in [0.3, 0.4) is 0 Å². The number of fused-ring (bicyclic) bond motifs is 1. The summed E-state index contributed by atoms with van der Waals surface area (Å²) < 4.78 is 0. The van der Waals surface area contributed by atoms with E-state index in [0.717, 1.165) is 22.5 Å². The Labute approximate surface area is 232 Å². The Bertz CT molecular complexity index is 1450. The summed E-state index contributed by atoms with van der Waals surface area (Å²) in [4.78, 5) is 42.7. The summed E-state index contributed by atoms with van der Waals surface area (Å²) in [6, 6.07) is 22.1. The number of nitrogens with one attached hydrogen (secondary N) is 1. The molecule has 0 bridgehead atoms. The number of hydrogen-bond donors (Lipinski definition) is 2. The molecule has 5 rings (SSSR count). The van der Waals surface area contributed by atoms with Crippen molar-refractivity contribution in [3.8, 4) is 0 Å². The molecule has 1 heterocycles. The summed E-state index contributed by atoms with van der Waals surface area (Å²) >= 11 is 6.11. The van der Waals surface area contributed by atoms with Gasteiger partial charge in [-0.05, 0) is 59.9 Å². The number of carboxylic acids is 1. The number of carboxylic acid groups (broad SMARTS) is 1. The van der Waals surface area contributed by atoms with Crippen LogP contribution in [0.25, 0.3) is 0 Å². The molecule has 1 amide bonds. The average molecular weight is 544 g/mol. The van der Waals surface area contributed by atoms with Gasteiger partial charge in [-0.1, -0.05) is 48.0 Å². The highest BCUT2D eigenvalue weighted by Crippen LogP contribution is 2.47. The molecule has 0 aromatic heterocycles. The molecule has 0 radical (unpaired) electrons. The fourth-order valence-corrected chi connectivity index (χ4v) is 5.57. The Balaban J connectivity index is 1.67. The maximum Gasteiger partial charge on any atom is 0.303 e. The van der Waals surface area contributed by atoms with Gasteiger partial charge in [0.15, 0.2) is 5.78 Å². The number of para-hydroxylation sites is 2. The maximum atomic E-state index is 14.0. The molecule has 7 nitrogen and oxygen atoms in total. The van der Waals surface area contributed by atoms with Gasteiger partial charge in [-0.2, -0.15) is 0 Å². The lowest BCUT2D eigenvalue weighted by Gasteiger charge is -2.35. The third-order valence-electron chi connectivity index (χ3n) is 7.38. The molecule has 3 aromatic carbocycles. The van der Waals surface area contributed by atoms with Crippen LogP contribution in [0.4, 0.5) is 17.1 Å². The summed E-state index contributed by atoms with van der Waals surface area (Å²) in [6.07, 6.45) is 0.401. The Morgan fingerprint density at radius 2 is 1.62 bits per heavy atom. The van der Waals surface area contributed by atoms with Crippen molar-refractivity contribution in [2.24, 2.45) is 0 Å². The molecule has 0 fully saturated rings. The van der Waals surface area contributed by atoms with Gasteiger partial charge in [0.05, 0.1) is 23.8 Å². The summed E-state index contributed by atoms with van der Waals surface area (Å²) in [5.41, 5.74) is 5.42. The van der Waals surface area contributed by atoms with Crippen LogP contribution in [0.2, 0.25) is 5.02 Å². The van der Waals surface area contributed by atoms with Crippen LogP contribution in [-0.4, -0.2) is 36.9 Å². The Kier molecular flexibility index (Phi) is 7.44. The molecule has 0 saturated heterocycles. The van der Waals surface area contributed by atoms with E-state index in [-0.39, 0.29) is 30.4 Å². The van der Waals surface area contributed by atoms with Gasteiger partial charge < -0.3 is 15.3 Å². The highest BCUT2D eigenvalue weighted by molar-refractivity contribution is 6.30. The smallest absolute Gasteiger partial charge is 0.303 e. The van der Waals surface area contributed by atoms with Gasteiger partial charge in [0.25, 0.3) is 0 Å². The first kappa shape index (κ1) is 26.5. The molecule has 0 unspecified atom stereocenters. The van der Waals surface area contributed by atoms with Crippen molar-refractivity contribution < 1.29 is 19.5 Å². The minimum atomic E-state index is -1.05. The van der Waals surface area contributed by atoms with Crippen LogP contribution < -0.4 is 15.1 Å². The number of aliphatic carboxylic acids is 1. The van der Waals surface area contributed by atoms with Crippen LogP contribution in [0.1, 0.15) is 48.8 Å². The molecule has 0 saturated carbocycles. The van der Waals surface area contributed by atoms with Crippen molar-refractivity contribution in [2.45, 2.75) is 37.6 Å². The largest absolute Gasteiger partial charge is 0.481 e. The normalized spacial score (nSPS) is 18.5. The number of carbonyl (C=O) groups is 3. The van der Waals surface area contributed by atoms with E-state index in [2.05, 4.69) is 5.32 Å². The van der Waals surface area contributed by atoms with Crippen molar-refractivity contribution in [2.75, 3.05) is 29.2 Å². The van der Waals surface area contributed by atoms with Crippen LogP contribution >= 0.6 is 11.6 Å². The lowest BCUT2D eigenvalue weighted by Crippen LogP contribution is -2.38. The molecule has 1 aliphatic carbocycles. The van der Waals surface area contributed by atoms with Crippen molar-refractivity contribution in [3.63, 3.8) is 0 Å². The first-order chi connectivity index (χ1) is 18.7. The van der Waals surface area contributed by atoms with Gasteiger partial charge in [-0.3, -0.25) is 19.3 Å². The van der Waals surface area contributed by atoms with E-state index in [9.17, 15) is 19.5 Å². The number of amides is 1. The second kappa shape index (κ2) is 10.9. The van der Waals surface area contributed by atoms with E-state index >= 15 is 0 Å². The first-order valence-corrected chi connectivity index (χ1v) is 13.3. The lowest BCUT2D eigenvalue weighted by atomic mass is 9.78. The topological polar surface area (TPSA) is 90.0 Å². The fraction of sp³-hybridized carbons (Fsp3) is 0.258. The predicted octanol–water partition coefficient (Wildman–Crippen LogP) is 6.17. The Morgan fingerprint density at radius 1 is 0.949 bits per heavy atom. The summed E-state index contributed by atoms with van der Waals surface area (Å²) in [6.45, 7) is 0. The highest BCUT2D eigenvalue weighted by atomic mass is 35.5. The van der Waals surface area contributed by atoms with Crippen molar-refractivity contribution in [3.05, 3.63) is 100 Å². The summed E-state index contributed by atoms with van der Waals surface area (Å²) in [5, 5.41) is 13.4. The van der Waals surface area contributed by atoms with E-state index in [1.165, 1.54) is 0 Å². The zero-order chi connectivity index (χ0) is 27.7. The van der Waals surface area contributed by atoms with Crippen molar-refractivity contribution in [1.82, 2.24) is 0 Å². The minimum absolute atomic E-state index is 0.0424. The summed E-state index contributed by atoms with van der Waals surface area (Å²) in [7, 11) is 3.90. The molecule has 8 heteroatoms. The van der Waals surface area contributed by atoms with Crippen molar-refractivity contribution >= 4 is 46.3 Å². The third-order valence-corrected chi connectivity index (χ3v) is 7.63. The molecule has 2 aliphatic rings. The molecule has 39 heavy (non-hydrogen) atoms. The Hall–Kier alpha value is -4.10. The number of Topliss-reactive ketones (excluding diaryl/α,β-unsaturated/α-hetero) is 1. The number of carbonyl (C=O) groups excluding carboxylic acids is 2. The number of allylic oxidation sites excluding steroid dienone is 1. The maximum absolute atomic E-state index is 14.0. The van der Waals surface area contributed by atoms with Crippen LogP contribution in [0.15, 0.2) is 84.1 Å². The second-order valence-corrected chi connectivity index (χ2v) is 10.6. The number of benzene rings is 3. The van der Waals surface area contributed by atoms with Gasteiger partial charge in [0.1, 0.15) is 0 Å². The number of ketones is 1. The Morgan fingerprint density at radius 3 is 2.28 bits per heavy atom. The van der Waals surface area contributed by atoms with E-state index in [0.29, 0.717) is 34.8 Å². The van der Waals surface area contributed by atoms with Gasteiger partial charge in [-0.25, -0.2) is 0 Å². The number of halogens is 1. The van der Waals surface area contributed by atoms with Crippen LogP contribution in [0, 0.1) is 0 Å². The number of anilines is 3. The SMILES string of the molecule is CN(C)c1ccc([C@H]2C3=C(C[C@H](c4ccc(Cl)cc4)CC3=O)Nc3ccccc3N2C(=O)CCC(=O)O)cc1. The molecule has 2 N–H and O–H groups in total. The third kappa shape index (κ3) is 5.40. The number of hydrogen-bond acceptors (Lipinski definition) is 5. The van der Waals surface area contributed by atoms with E-state index in [1.807, 2.05) is 91.8 Å². The molecule has 0 spiro atoms. The zero-order valence-corrected chi connectivity index (χ0v) is 22.6. The van der Waals surface area contributed by atoms with Gasteiger partial charge in [0.2, 0.25) is 5.91 Å². The zero-order valence-electron chi connectivity index (χ0n) is 21.9. The van der Waals surface area contributed by atoms with E-state index in [1.54, 1.807) is 4.90 Å². The van der Waals surface area contributed by atoms with Crippen LogP contribution in [-0.2, 0) is 14.4 Å². The lowest BCUT2D eigenvalue weighted by molar-refractivity contribution is -0.138. The molecule has 1 aliphatic heterocycles. The quantitative estimate of drug-likeness (QED) is 0.386. The molecular formula is C31H30ClN3O4. The standard InChI is InChI=1S/C31H30ClN3O4/c1-34(2)23-13-9-20(10-14-23)31-30-25(17-21(18-27(30)36)19-7-11-22(32)12-8-19)33-24-5-3-4-6-26(24)35(31)28(37)15-16-29(38)39/h3-14,21,31,33H,15-18H2,1-2H3,(H,38,39)/t21-,31-/m0/s1. The molecule has 3 aromatic rings. The summed E-state index contributed by atoms with van der Waals surface area (Å²) in [5.74, 6) is -1.49. The fourth-order valence-electron chi connectivity index (χ4n) is 5.44. The van der Waals surface area contributed by atoms with Crippen molar-refractivity contribution in [1.29, 1.82) is 0 Å². The van der Waals surface area contributed by atoms with E-state index in [4.69, 9.17) is 11.6 Å². The predicted molar refractivity (Wildman–Crippen MR) is 153 cm³/mol. The minimum Gasteiger partial charge on any atom is -0.481 e. The second-order valence-electron chi connectivity index (χ2n) is 10.2. The molecule has 200 valence electrons. The van der Waals surface area contributed by atoms with Crippen LogP contribution in [0.5, 0.6) is 0 Å². The number of nitrogens with zero attached hydrogens (tertiary/aromatic N) is 2. The van der Waals surface area contributed by atoms with E-state index < -0.39 is 12.0 Å². The number of rotatable bonds is 6. The average Bonchev–Trinajstić information content (AvgIpc) is 3.07. The molecular weight excluding hydrogens is 514 g/mol. The molecule has 2 atom stereocenters. The van der Waals surface area contributed by atoms with Gasteiger partial charge in [0, 0.05) is 48.9 Å². The first-order valence-electron chi connectivity index (χ1n) is 12.9. The highest BCUT2D eigenvalue weighted by Gasteiger charge is 2.41. The monoisotopic (exact) mass is 543 g/mol.